The van der Waals surface area contributed by atoms with E-state index in [1.54, 1.807) is 14.2 Å². The molecule has 1 N–H and O–H groups in total. The number of carbonyl (C=O) groups is 2. The molecule has 6 heteroatoms. The van der Waals surface area contributed by atoms with Gasteiger partial charge in [0.15, 0.2) is 17.3 Å². The number of nitrogens with one attached hydrogen (secondary N) is 1. The van der Waals surface area contributed by atoms with E-state index >= 15 is 0 Å². The van der Waals surface area contributed by atoms with Crippen LogP contribution in [-0.4, -0.2) is 32.6 Å². The van der Waals surface area contributed by atoms with Gasteiger partial charge in [0.1, 0.15) is 0 Å². The molecule has 2 unspecified atom stereocenters. The molecule has 0 amide bonds. The van der Waals surface area contributed by atoms with Gasteiger partial charge in [0.2, 0.25) is 0 Å². The van der Waals surface area contributed by atoms with Crippen molar-refractivity contribution >= 4 is 22.5 Å². The molecule has 1 aliphatic heterocycles. The summed E-state index contributed by atoms with van der Waals surface area (Å²) in [6, 6.07) is 20.0. The standard InChI is InChI=1S/C32H33NO5/c1-5-15-38-32(35)29-19(2)33-25-16-22(21-13-14-27(36-3)28(18-21)37-4)17-26(34)31(25)30(29)24-12-8-10-20-9-6-7-11-23(20)24/h6-14,18,22,30,33H,5,15-17H2,1-4H3. The van der Waals surface area contributed by atoms with Crippen LogP contribution >= 0.6 is 0 Å². The zero-order valence-corrected chi connectivity index (χ0v) is 22.3. The third-order valence-corrected chi connectivity index (χ3v) is 7.50. The molecule has 196 valence electrons. The van der Waals surface area contributed by atoms with Gasteiger partial charge in [-0.25, -0.2) is 4.79 Å². The zero-order chi connectivity index (χ0) is 26.8. The van der Waals surface area contributed by atoms with E-state index in [2.05, 4.69) is 23.5 Å². The van der Waals surface area contributed by atoms with Crippen molar-refractivity contribution in [3.05, 3.63) is 94.3 Å². The Hall–Kier alpha value is -4.06. The maximum atomic E-state index is 14.0. The molecule has 3 aromatic carbocycles. The minimum Gasteiger partial charge on any atom is -0.493 e. The topological polar surface area (TPSA) is 73.9 Å². The Morgan fingerprint density at radius 1 is 0.974 bits per heavy atom. The van der Waals surface area contributed by atoms with E-state index in [9.17, 15) is 9.59 Å². The lowest BCUT2D eigenvalue weighted by Crippen LogP contribution is -2.36. The van der Waals surface area contributed by atoms with Gasteiger partial charge >= 0.3 is 5.97 Å². The maximum absolute atomic E-state index is 14.0. The van der Waals surface area contributed by atoms with E-state index in [1.807, 2.05) is 56.3 Å². The summed E-state index contributed by atoms with van der Waals surface area (Å²) < 4.78 is 16.5. The molecule has 5 rings (SSSR count). The van der Waals surface area contributed by atoms with Crippen LogP contribution in [0.1, 0.15) is 56.1 Å². The molecule has 0 aromatic heterocycles. The molecule has 6 nitrogen and oxygen atoms in total. The van der Waals surface area contributed by atoms with Crippen LogP contribution in [0, 0.1) is 0 Å². The van der Waals surface area contributed by atoms with E-state index in [1.165, 1.54) is 0 Å². The van der Waals surface area contributed by atoms with Crippen LogP contribution < -0.4 is 14.8 Å². The van der Waals surface area contributed by atoms with E-state index in [-0.39, 0.29) is 17.7 Å². The number of methoxy groups -OCH3 is 2. The largest absolute Gasteiger partial charge is 0.493 e. The quantitative estimate of drug-likeness (QED) is 0.382. The molecular formula is C32H33NO5. The highest BCUT2D eigenvalue weighted by molar-refractivity contribution is 6.05. The Morgan fingerprint density at radius 3 is 2.50 bits per heavy atom. The minimum absolute atomic E-state index is 0.0249. The molecule has 0 saturated carbocycles. The highest BCUT2D eigenvalue weighted by atomic mass is 16.5. The molecular weight excluding hydrogens is 478 g/mol. The minimum atomic E-state index is -0.499. The average Bonchev–Trinajstić information content (AvgIpc) is 2.94. The van der Waals surface area contributed by atoms with E-state index in [4.69, 9.17) is 14.2 Å². The summed E-state index contributed by atoms with van der Waals surface area (Å²) in [5.74, 6) is 0.420. The number of ketones is 1. The smallest absolute Gasteiger partial charge is 0.336 e. The molecule has 2 atom stereocenters. The third-order valence-electron chi connectivity index (χ3n) is 7.50. The number of benzene rings is 3. The monoisotopic (exact) mass is 511 g/mol. The number of dihydropyridines is 1. The highest BCUT2D eigenvalue weighted by Crippen LogP contribution is 2.47. The van der Waals surface area contributed by atoms with Crippen LogP contribution in [0.15, 0.2) is 83.2 Å². The fourth-order valence-corrected chi connectivity index (χ4v) is 5.74. The van der Waals surface area contributed by atoms with Crippen molar-refractivity contribution in [1.82, 2.24) is 5.32 Å². The van der Waals surface area contributed by atoms with Crippen LogP contribution in [0.2, 0.25) is 0 Å². The average molecular weight is 512 g/mol. The Balaban J connectivity index is 1.62. The van der Waals surface area contributed by atoms with Gasteiger partial charge < -0.3 is 19.5 Å². The van der Waals surface area contributed by atoms with Gasteiger partial charge in [0, 0.05) is 29.3 Å². The van der Waals surface area contributed by atoms with Gasteiger partial charge in [-0.15, -0.1) is 0 Å². The summed E-state index contributed by atoms with van der Waals surface area (Å²) in [4.78, 5) is 27.4. The zero-order valence-electron chi connectivity index (χ0n) is 22.3. The van der Waals surface area contributed by atoms with Gasteiger partial charge in [-0.3, -0.25) is 4.79 Å². The number of hydrogen-bond donors (Lipinski definition) is 1. The van der Waals surface area contributed by atoms with Crippen molar-refractivity contribution < 1.29 is 23.8 Å². The van der Waals surface area contributed by atoms with Crippen LogP contribution in [0.4, 0.5) is 0 Å². The molecule has 38 heavy (non-hydrogen) atoms. The Bertz CT molecular complexity index is 1460. The van der Waals surface area contributed by atoms with Crippen molar-refractivity contribution in [2.75, 3.05) is 20.8 Å². The number of esters is 1. The molecule has 0 saturated heterocycles. The number of fused-ring (bicyclic) bond motifs is 1. The fourth-order valence-electron chi connectivity index (χ4n) is 5.74. The number of carbonyl (C=O) groups excluding carboxylic acids is 2. The van der Waals surface area contributed by atoms with Crippen molar-refractivity contribution in [2.24, 2.45) is 0 Å². The number of allylic oxidation sites excluding steroid dienone is 3. The van der Waals surface area contributed by atoms with Crippen LogP contribution in [0.5, 0.6) is 11.5 Å². The first-order valence-corrected chi connectivity index (χ1v) is 13.1. The van der Waals surface area contributed by atoms with Gasteiger partial charge in [0.25, 0.3) is 0 Å². The first-order valence-electron chi connectivity index (χ1n) is 13.1. The molecule has 3 aromatic rings. The number of rotatable bonds is 7. The van der Waals surface area contributed by atoms with Gasteiger partial charge in [0.05, 0.1) is 26.4 Å². The van der Waals surface area contributed by atoms with Crippen LogP contribution in [0.25, 0.3) is 10.8 Å². The van der Waals surface area contributed by atoms with Crippen LogP contribution in [0.3, 0.4) is 0 Å². The summed E-state index contributed by atoms with van der Waals surface area (Å²) >= 11 is 0. The second kappa shape index (κ2) is 10.7. The molecule has 1 heterocycles. The van der Waals surface area contributed by atoms with E-state index in [0.717, 1.165) is 39.7 Å². The third kappa shape index (κ3) is 4.55. The van der Waals surface area contributed by atoms with Crippen molar-refractivity contribution in [3.63, 3.8) is 0 Å². The van der Waals surface area contributed by atoms with Gasteiger partial charge in [-0.2, -0.15) is 0 Å². The van der Waals surface area contributed by atoms with Gasteiger partial charge in [-0.05, 0) is 59.7 Å². The summed E-state index contributed by atoms with van der Waals surface area (Å²) in [6.07, 6.45) is 1.71. The first kappa shape index (κ1) is 25.6. The molecule has 0 bridgehead atoms. The summed E-state index contributed by atoms with van der Waals surface area (Å²) in [5, 5.41) is 5.53. The molecule has 1 aliphatic carbocycles. The fraction of sp³-hybridized carbons (Fsp3) is 0.312. The Labute approximate surface area is 223 Å². The van der Waals surface area contributed by atoms with Crippen LogP contribution in [-0.2, 0) is 14.3 Å². The first-order chi connectivity index (χ1) is 18.5. The van der Waals surface area contributed by atoms with Crippen molar-refractivity contribution in [3.8, 4) is 11.5 Å². The normalized spacial score (nSPS) is 19.2. The Kier molecular flexibility index (Phi) is 7.23. The molecule has 0 fully saturated rings. The SMILES string of the molecule is CCCOC(=O)C1=C(C)NC2=C(C(=O)CC(c3ccc(OC)c(OC)c3)C2)C1c1cccc2ccccc12. The lowest BCUT2D eigenvalue weighted by atomic mass is 9.71. The van der Waals surface area contributed by atoms with Crippen molar-refractivity contribution in [2.45, 2.75) is 44.9 Å². The van der Waals surface area contributed by atoms with Gasteiger partial charge in [-0.1, -0.05) is 55.5 Å². The molecule has 2 aliphatic rings. The lowest BCUT2D eigenvalue weighted by molar-refractivity contribution is -0.139. The highest BCUT2D eigenvalue weighted by Gasteiger charge is 2.42. The predicted molar refractivity (Wildman–Crippen MR) is 147 cm³/mol. The summed E-state index contributed by atoms with van der Waals surface area (Å²) in [5.41, 5.74) is 4.71. The summed E-state index contributed by atoms with van der Waals surface area (Å²) in [7, 11) is 3.22. The molecule has 0 radical (unpaired) electrons. The van der Waals surface area contributed by atoms with E-state index in [0.29, 0.717) is 42.1 Å². The predicted octanol–water partition coefficient (Wildman–Crippen LogP) is 6.17. The summed E-state index contributed by atoms with van der Waals surface area (Å²) in [6.45, 7) is 4.20. The van der Waals surface area contributed by atoms with E-state index < -0.39 is 5.92 Å². The number of Topliss-reactive ketones (excluding diaryl/α,β-unsaturated/α-hetero) is 1. The lowest BCUT2D eigenvalue weighted by Gasteiger charge is -2.37. The maximum Gasteiger partial charge on any atom is 0.336 e. The number of hydrogen-bond acceptors (Lipinski definition) is 6. The second-order valence-corrected chi connectivity index (χ2v) is 9.84. The second-order valence-electron chi connectivity index (χ2n) is 9.84. The Morgan fingerprint density at radius 2 is 1.74 bits per heavy atom. The number of ether oxygens (including phenoxy) is 3. The van der Waals surface area contributed by atoms with Crippen molar-refractivity contribution in [1.29, 1.82) is 0 Å². The molecule has 0 spiro atoms.